The Morgan fingerprint density at radius 3 is 2.00 bits per heavy atom. The van der Waals surface area contributed by atoms with E-state index in [9.17, 15) is 4.79 Å². The van der Waals surface area contributed by atoms with Crippen LogP contribution in [0.1, 0.15) is 50.7 Å². The number of amides is 2. The van der Waals surface area contributed by atoms with Crippen LogP contribution in [0.25, 0.3) is 0 Å². The van der Waals surface area contributed by atoms with Crippen molar-refractivity contribution in [2.75, 3.05) is 24.9 Å². The molecule has 5 nitrogen and oxygen atoms in total. The molecule has 0 radical (unpaired) electrons. The first-order chi connectivity index (χ1) is 12.4. The maximum Gasteiger partial charge on any atom is 0.323 e. The second kappa shape index (κ2) is 8.61. The maximum atomic E-state index is 12.7. The molecule has 2 rings (SSSR count). The van der Waals surface area contributed by atoms with Gasteiger partial charge in [0.25, 0.3) is 0 Å². The predicted molar refractivity (Wildman–Crippen MR) is 107 cm³/mol. The third-order valence-electron chi connectivity index (χ3n) is 4.27. The summed E-state index contributed by atoms with van der Waals surface area (Å²) in [6, 6.07) is 11.1. The van der Waals surface area contributed by atoms with Gasteiger partial charge in [0.05, 0.1) is 19.9 Å². The van der Waals surface area contributed by atoms with Crippen molar-refractivity contribution in [3.8, 4) is 11.5 Å². The molecular weight excluding hydrogens is 328 g/mol. The lowest BCUT2D eigenvalue weighted by Crippen LogP contribution is -2.22. The van der Waals surface area contributed by atoms with Gasteiger partial charge in [-0.1, -0.05) is 45.9 Å². The molecule has 0 aromatic heterocycles. The van der Waals surface area contributed by atoms with Crippen molar-refractivity contribution in [2.45, 2.75) is 39.5 Å². The molecule has 0 unspecified atom stereocenters. The Morgan fingerprint density at radius 1 is 0.885 bits per heavy atom. The zero-order chi connectivity index (χ0) is 19.3. The number of urea groups is 1. The normalized spacial score (nSPS) is 10.8. The highest BCUT2D eigenvalue weighted by atomic mass is 16.5. The maximum absolute atomic E-state index is 12.7. The number of methoxy groups -OCH3 is 2. The Kier molecular flexibility index (Phi) is 6.50. The summed E-state index contributed by atoms with van der Waals surface area (Å²) in [7, 11) is 3.15. The van der Waals surface area contributed by atoms with Gasteiger partial charge < -0.3 is 20.1 Å². The minimum atomic E-state index is -0.313. The number of para-hydroxylation sites is 1. The lowest BCUT2D eigenvalue weighted by Gasteiger charge is -2.20. The first-order valence-corrected chi connectivity index (χ1v) is 8.80. The van der Waals surface area contributed by atoms with E-state index in [0.717, 1.165) is 16.8 Å². The fourth-order valence-electron chi connectivity index (χ4n) is 2.87. The van der Waals surface area contributed by atoms with E-state index in [-0.39, 0.29) is 6.03 Å². The molecule has 0 spiro atoms. The van der Waals surface area contributed by atoms with Crippen LogP contribution in [-0.4, -0.2) is 20.3 Å². The summed E-state index contributed by atoms with van der Waals surface area (Å²) < 4.78 is 10.5. The molecule has 0 bridgehead atoms. The molecular formula is C21H28N2O3. The summed E-state index contributed by atoms with van der Waals surface area (Å²) in [5, 5.41) is 5.89. The van der Waals surface area contributed by atoms with Gasteiger partial charge in [-0.3, -0.25) is 0 Å². The molecule has 2 amide bonds. The van der Waals surface area contributed by atoms with Gasteiger partial charge in [0, 0.05) is 11.8 Å². The minimum Gasteiger partial charge on any atom is -0.497 e. The monoisotopic (exact) mass is 356 g/mol. The molecule has 2 aromatic rings. The van der Waals surface area contributed by atoms with E-state index in [1.807, 2.05) is 6.07 Å². The summed E-state index contributed by atoms with van der Waals surface area (Å²) in [6.45, 7) is 8.47. The predicted octanol–water partition coefficient (Wildman–Crippen LogP) is 5.59. The average Bonchev–Trinajstić information content (AvgIpc) is 2.61. The van der Waals surface area contributed by atoms with Crippen LogP contribution in [0, 0.1) is 0 Å². The first-order valence-electron chi connectivity index (χ1n) is 8.80. The number of hydrogen-bond acceptors (Lipinski definition) is 3. The number of hydrogen-bond donors (Lipinski definition) is 2. The van der Waals surface area contributed by atoms with Crippen LogP contribution in [0.15, 0.2) is 36.4 Å². The number of ether oxygens (including phenoxy) is 2. The van der Waals surface area contributed by atoms with Crippen molar-refractivity contribution in [3.63, 3.8) is 0 Å². The van der Waals surface area contributed by atoms with Gasteiger partial charge in [-0.25, -0.2) is 4.79 Å². The number of carbonyl (C=O) groups excluding carboxylic acids is 1. The summed E-state index contributed by atoms with van der Waals surface area (Å²) in [5.41, 5.74) is 3.65. The van der Waals surface area contributed by atoms with Crippen LogP contribution in [-0.2, 0) is 0 Å². The van der Waals surface area contributed by atoms with Gasteiger partial charge >= 0.3 is 6.03 Å². The van der Waals surface area contributed by atoms with Gasteiger partial charge in [-0.05, 0) is 35.1 Å². The Bertz CT molecular complexity index is 744. The summed E-state index contributed by atoms with van der Waals surface area (Å²) in [4.78, 5) is 12.7. The highest BCUT2D eigenvalue weighted by Gasteiger charge is 2.17. The van der Waals surface area contributed by atoms with Crippen LogP contribution in [0.4, 0.5) is 16.2 Å². The highest BCUT2D eigenvalue weighted by Crippen LogP contribution is 2.33. The quantitative estimate of drug-likeness (QED) is 0.709. The molecule has 0 fully saturated rings. The Balaban J connectivity index is 2.31. The van der Waals surface area contributed by atoms with E-state index in [1.54, 1.807) is 32.4 Å². The largest absolute Gasteiger partial charge is 0.497 e. The van der Waals surface area contributed by atoms with E-state index in [1.165, 1.54) is 0 Å². The van der Waals surface area contributed by atoms with Crippen molar-refractivity contribution in [3.05, 3.63) is 47.5 Å². The smallest absolute Gasteiger partial charge is 0.323 e. The van der Waals surface area contributed by atoms with Crippen molar-refractivity contribution in [1.82, 2.24) is 0 Å². The van der Waals surface area contributed by atoms with Gasteiger partial charge in [0.2, 0.25) is 0 Å². The summed E-state index contributed by atoms with van der Waals surface area (Å²) >= 11 is 0. The summed E-state index contributed by atoms with van der Waals surface area (Å²) in [6.07, 6.45) is 0. The molecule has 0 atom stereocenters. The zero-order valence-electron chi connectivity index (χ0n) is 16.3. The average molecular weight is 356 g/mol. The standard InChI is InChI=1S/C21H28N2O3/c1-13(2)16-8-7-9-17(14(3)4)20(16)23-21(24)22-18-12-15(25-5)10-11-19(18)26-6/h7-14H,1-6H3,(H2,22,23,24). The lowest BCUT2D eigenvalue weighted by molar-refractivity contribution is 0.262. The molecule has 140 valence electrons. The molecule has 26 heavy (non-hydrogen) atoms. The SMILES string of the molecule is COc1ccc(OC)c(NC(=O)Nc2c(C(C)C)cccc2C(C)C)c1. The number of rotatable bonds is 6. The molecule has 0 saturated heterocycles. The third kappa shape index (κ3) is 4.48. The first kappa shape index (κ1) is 19.6. The van der Waals surface area contributed by atoms with E-state index < -0.39 is 0 Å². The minimum absolute atomic E-state index is 0.301. The lowest BCUT2D eigenvalue weighted by atomic mass is 9.93. The molecule has 2 aromatic carbocycles. The van der Waals surface area contributed by atoms with Crippen LogP contribution in [0.5, 0.6) is 11.5 Å². The molecule has 0 aliphatic heterocycles. The van der Waals surface area contributed by atoms with Crippen molar-refractivity contribution in [2.24, 2.45) is 0 Å². The van der Waals surface area contributed by atoms with Crippen LogP contribution < -0.4 is 20.1 Å². The number of benzene rings is 2. The van der Waals surface area contributed by atoms with Crippen LogP contribution in [0.2, 0.25) is 0 Å². The Morgan fingerprint density at radius 2 is 1.50 bits per heavy atom. The van der Waals surface area contributed by atoms with Crippen molar-refractivity contribution < 1.29 is 14.3 Å². The Labute approximate surface area is 155 Å². The topological polar surface area (TPSA) is 59.6 Å². The molecule has 0 heterocycles. The molecule has 0 saturated carbocycles. The Hall–Kier alpha value is -2.69. The zero-order valence-corrected chi connectivity index (χ0v) is 16.3. The molecule has 2 N–H and O–H groups in total. The third-order valence-corrected chi connectivity index (χ3v) is 4.27. The van der Waals surface area contributed by atoms with E-state index in [2.05, 4.69) is 50.5 Å². The van der Waals surface area contributed by atoms with Crippen LogP contribution in [0.3, 0.4) is 0 Å². The van der Waals surface area contributed by atoms with Crippen LogP contribution >= 0.6 is 0 Å². The molecule has 0 aliphatic rings. The van der Waals surface area contributed by atoms with Gasteiger partial charge in [-0.2, -0.15) is 0 Å². The van der Waals surface area contributed by atoms with E-state index in [0.29, 0.717) is 29.0 Å². The van der Waals surface area contributed by atoms with Gasteiger partial charge in [-0.15, -0.1) is 0 Å². The van der Waals surface area contributed by atoms with Crippen molar-refractivity contribution >= 4 is 17.4 Å². The van der Waals surface area contributed by atoms with E-state index in [4.69, 9.17) is 9.47 Å². The van der Waals surface area contributed by atoms with Gasteiger partial charge in [0.15, 0.2) is 0 Å². The fourth-order valence-corrected chi connectivity index (χ4v) is 2.87. The van der Waals surface area contributed by atoms with Crippen molar-refractivity contribution in [1.29, 1.82) is 0 Å². The number of nitrogens with one attached hydrogen (secondary N) is 2. The molecule has 5 heteroatoms. The molecule has 0 aliphatic carbocycles. The van der Waals surface area contributed by atoms with E-state index >= 15 is 0 Å². The second-order valence-corrected chi connectivity index (χ2v) is 6.77. The summed E-state index contributed by atoms with van der Waals surface area (Å²) in [5.74, 6) is 1.82. The number of anilines is 2. The van der Waals surface area contributed by atoms with Gasteiger partial charge in [0.1, 0.15) is 11.5 Å². The number of carbonyl (C=O) groups is 1. The fraction of sp³-hybridized carbons (Fsp3) is 0.381. The highest BCUT2D eigenvalue weighted by molar-refractivity contribution is 6.02. The second-order valence-electron chi connectivity index (χ2n) is 6.77.